The summed E-state index contributed by atoms with van der Waals surface area (Å²) in [6.45, 7) is 9.45. The Morgan fingerprint density at radius 1 is 1.00 bits per heavy atom. The molecule has 0 atom stereocenters. The van der Waals surface area contributed by atoms with Crippen LogP contribution < -0.4 is 0 Å². The Bertz CT molecular complexity index is 402. The second kappa shape index (κ2) is 3.80. The van der Waals surface area contributed by atoms with Gasteiger partial charge in [0.1, 0.15) is 0 Å². The third kappa shape index (κ3) is 1.90. The fourth-order valence-corrected chi connectivity index (χ4v) is 2.93. The van der Waals surface area contributed by atoms with E-state index in [1.165, 1.54) is 29.5 Å². The first-order valence-corrected chi connectivity index (χ1v) is 6.75. The topological polar surface area (TPSA) is 0 Å². The summed E-state index contributed by atoms with van der Waals surface area (Å²) in [6, 6.07) is 6.92. The fraction of sp³-hybridized carbons (Fsp3) is 0.600. The minimum atomic E-state index is 0.323. The van der Waals surface area contributed by atoms with Gasteiger partial charge in [-0.1, -0.05) is 45.9 Å². The molecule has 0 aliphatic heterocycles. The van der Waals surface area contributed by atoms with Crippen LogP contribution in [0.3, 0.4) is 0 Å². The molecule has 1 aromatic rings. The molecular formula is C15H22S. The predicted molar refractivity (Wildman–Crippen MR) is 74.4 cm³/mol. The lowest BCUT2D eigenvalue weighted by atomic mass is 9.63. The average molecular weight is 234 g/mol. The second-order valence-corrected chi connectivity index (χ2v) is 6.62. The number of hydrogen-bond acceptors (Lipinski definition) is 1. The Kier molecular flexibility index (Phi) is 2.86. The van der Waals surface area contributed by atoms with Crippen molar-refractivity contribution in [3.63, 3.8) is 0 Å². The lowest BCUT2D eigenvalue weighted by molar-refractivity contribution is 0.331. The van der Waals surface area contributed by atoms with Crippen molar-refractivity contribution < 1.29 is 0 Å². The predicted octanol–water partition coefficient (Wildman–Crippen LogP) is 4.47. The Morgan fingerprint density at radius 2 is 1.56 bits per heavy atom. The van der Waals surface area contributed by atoms with Crippen molar-refractivity contribution >= 4 is 12.6 Å². The molecule has 0 N–H and O–H groups in total. The number of fused-ring (bicyclic) bond motifs is 1. The molecule has 1 aromatic carbocycles. The average Bonchev–Trinajstić information content (AvgIpc) is 2.24. The molecule has 0 fully saturated rings. The standard InChI is InChI=1S/C15H22S/c1-14(2)7-8-15(3,4)13-9-11(10-16)5-6-12(13)14/h5-6,9,16H,7-8,10H2,1-4H3. The van der Waals surface area contributed by atoms with Gasteiger partial charge in [0.2, 0.25) is 0 Å². The lowest BCUT2D eigenvalue weighted by Gasteiger charge is -2.42. The maximum atomic E-state index is 4.38. The SMILES string of the molecule is CC1(C)CCC(C)(C)c2cc(CS)ccc21. The van der Waals surface area contributed by atoms with Gasteiger partial charge in [-0.15, -0.1) is 0 Å². The van der Waals surface area contributed by atoms with Crippen LogP contribution in [-0.4, -0.2) is 0 Å². The summed E-state index contributed by atoms with van der Waals surface area (Å²) in [6.07, 6.45) is 2.57. The molecule has 1 aliphatic rings. The zero-order valence-corrected chi connectivity index (χ0v) is 11.7. The van der Waals surface area contributed by atoms with E-state index in [1.807, 2.05) is 0 Å². The first-order chi connectivity index (χ1) is 7.37. The van der Waals surface area contributed by atoms with Crippen LogP contribution in [-0.2, 0) is 16.6 Å². The van der Waals surface area contributed by atoms with Crippen LogP contribution in [0.15, 0.2) is 18.2 Å². The lowest BCUT2D eigenvalue weighted by Crippen LogP contribution is -2.33. The van der Waals surface area contributed by atoms with E-state index >= 15 is 0 Å². The van der Waals surface area contributed by atoms with Crippen molar-refractivity contribution in [2.24, 2.45) is 0 Å². The van der Waals surface area contributed by atoms with Crippen LogP contribution in [0.4, 0.5) is 0 Å². The van der Waals surface area contributed by atoms with E-state index in [4.69, 9.17) is 0 Å². The summed E-state index contributed by atoms with van der Waals surface area (Å²) in [5, 5.41) is 0. The van der Waals surface area contributed by atoms with Crippen molar-refractivity contribution in [3.8, 4) is 0 Å². The quantitative estimate of drug-likeness (QED) is 0.681. The van der Waals surface area contributed by atoms with Crippen LogP contribution in [0, 0.1) is 0 Å². The van der Waals surface area contributed by atoms with Crippen molar-refractivity contribution in [1.82, 2.24) is 0 Å². The molecule has 0 saturated heterocycles. The summed E-state index contributed by atoms with van der Waals surface area (Å²) in [5.74, 6) is 0.837. The van der Waals surface area contributed by atoms with Gasteiger partial charge < -0.3 is 0 Å². The Balaban J connectivity index is 2.60. The molecule has 0 bridgehead atoms. The van der Waals surface area contributed by atoms with Crippen LogP contribution in [0.25, 0.3) is 0 Å². The van der Waals surface area contributed by atoms with Gasteiger partial charge in [-0.3, -0.25) is 0 Å². The van der Waals surface area contributed by atoms with Crippen LogP contribution in [0.1, 0.15) is 57.2 Å². The maximum Gasteiger partial charge on any atom is 0.0154 e. The van der Waals surface area contributed by atoms with E-state index in [-0.39, 0.29) is 0 Å². The molecule has 0 heterocycles. The number of thiol groups is 1. The van der Waals surface area contributed by atoms with Gasteiger partial charge in [0, 0.05) is 5.75 Å². The van der Waals surface area contributed by atoms with Crippen molar-refractivity contribution in [2.45, 2.75) is 57.1 Å². The molecule has 0 spiro atoms. The highest BCUT2D eigenvalue weighted by molar-refractivity contribution is 7.79. The minimum Gasteiger partial charge on any atom is -0.175 e. The van der Waals surface area contributed by atoms with E-state index in [1.54, 1.807) is 0 Å². The fourth-order valence-electron chi connectivity index (χ4n) is 2.73. The van der Waals surface area contributed by atoms with E-state index < -0.39 is 0 Å². The first-order valence-electron chi connectivity index (χ1n) is 6.11. The molecule has 88 valence electrons. The summed E-state index contributed by atoms with van der Waals surface area (Å²) in [7, 11) is 0. The van der Waals surface area contributed by atoms with Crippen LogP contribution in [0.5, 0.6) is 0 Å². The zero-order valence-electron chi connectivity index (χ0n) is 10.8. The van der Waals surface area contributed by atoms with Gasteiger partial charge in [-0.25, -0.2) is 0 Å². The molecule has 16 heavy (non-hydrogen) atoms. The van der Waals surface area contributed by atoms with Crippen molar-refractivity contribution in [3.05, 3.63) is 34.9 Å². The van der Waals surface area contributed by atoms with Gasteiger partial charge in [0.25, 0.3) is 0 Å². The van der Waals surface area contributed by atoms with Crippen LogP contribution in [0.2, 0.25) is 0 Å². The molecule has 1 aliphatic carbocycles. The minimum absolute atomic E-state index is 0.323. The normalized spacial score (nSPS) is 21.6. The van der Waals surface area contributed by atoms with Crippen LogP contribution >= 0.6 is 12.6 Å². The molecule has 0 aromatic heterocycles. The first kappa shape index (κ1) is 12.0. The molecule has 0 nitrogen and oxygen atoms in total. The monoisotopic (exact) mass is 234 g/mol. The van der Waals surface area contributed by atoms with Crippen molar-refractivity contribution in [2.75, 3.05) is 0 Å². The molecule has 0 unspecified atom stereocenters. The number of hydrogen-bond donors (Lipinski definition) is 1. The van der Waals surface area contributed by atoms with E-state index in [2.05, 4.69) is 58.5 Å². The molecule has 0 radical (unpaired) electrons. The van der Waals surface area contributed by atoms with Gasteiger partial charge in [-0.2, -0.15) is 12.6 Å². The summed E-state index contributed by atoms with van der Waals surface area (Å²) in [4.78, 5) is 0. The summed E-state index contributed by atoms with van der Waals surface area (Å²) >= 11 is 4.38. The second-order valence-electron chi connectivity index (χ2n) is 6.31. The number of benzene rings is 1. The van der Waals surface area contributed by atoms with Gasteiger partial charge in [0.15, 0.2) is 0 Å². The highest BCUT2D eigenvalue weighted by Gasteiger charge is 2.36. The van der Waals surface area contributed by atoms with Crippen molar-refractivity contribution in [1.29, 1.82) is 0 Å². The Morgan fingerprint density at radius 3 is 2.12 bits per heavy atom. The summed E-state index contributed by atoms with van der Waals surface area (Å²) < 4.78 is 0. The number of rotatable bonds is 1. The Labute approximate surface area is 105 Å². The van der Waals surface area contributed by atoms with Gasteiger partial charge >= 0.3 is 0 Å². The highest BCUT2D eigenvalue weighted by Crippen LogP contribution is 2.45. The molecule has 0 saturated carbocycles. The van der Waals surface area contributed by atoms with Gasteiger partial charge in [-0.05, 0) is 40.4 Å². The van der Waals surface area contributed by atoms with E-state index in [0.717, 1.165) is 5.75 Å². The zero-order chi connectivity index (χ0) is 12.0. The maximum absolute atomic E-state index is 4.38. The highest BCUT2D eigenvalue weighted by atomic mass is 32.1. The molecular weight excluding hydrogens is 212 g/mol. The largest absolute Gasteiger partial charge is 0.175 e. The molecule has 2 rings (SSSR count). The smallest absolute Gasteiger partial charge is 0.0154 e. The third-order valence-corrected chi connectivity index (χ3v) is 4.46. The van der Waals surface area contributed by atoms with E-state index in [0.29, 0.717) is 10.8 Å². The Hall–Kier alpha value is -0.430. The van der Waals surface area contributed by atoms with E-state index in [9.17, 15) is 0 Å². The third-order valence-electron chi connectivity index (χ3n) is 4.10. The molecule has 1 heteroatoms. The summed E-state index contributed by atoms with van der Waals surface area (Å²) in [5.41, 5.74) is 5.07. The van der Waals surface area contributed by atoms with Gasteiger partial charge in [0.05, 0.1) is 0 Å². The molecule has 0 amide bonds.